The Labute approximate surface area is 103 Å². The van der Waals surface area contributed by atoms with Gasteiger partial charge >= 0.3 is 12.0 Å². The maximum atomic E-state index is 11.9. The Balaban J connectivity index is 2.02. The molecule has 2 rings (SSSR count). The van der Waals surface area contributed by atoms with Gasteiger partial charge in [0.25, 0.3) is 0 Å². The second kappa shape index (κ2) is 5.18. The number of rotatable bonds is 2. The van der Waals surface area contributed by atoms with Crippen LogP contribution in [0.2, 0.25) is 0 Å². The first-order valence-corrected chi connectivity index (χ1v) is 6.43. The SMILES string of the molecule is O=C(O)c1sccc1NC(=O)N1CCCCC1. The van der Waals surface area contributed by atoms with Gasteiger partial charge in [-0.25, -0.2) is 9.59 Å². The van der Waals surface area contributed by atoms with Gasteiger partial charge < -0.3 is 15.3 Å². The van der Waals surface area contributed by atoms with Crippen molar-refractivity contribution in [1.82, 2.24) is 4.90 Å². The number of carbonyl (C=O) groups excluding carboxylic acids is 1. The van der Waals surface area contributed by atoms with E-state index in [0.29, 0.717) is 5.69 Å². The summed E-state index contributed by atoms with van der Waals surface area (Å²) in [4.78, 5) is 24.7. The predicted molar refractivity (Wildman–Crippen MR) is 65.7 cm³/mol. The van der Waals surface area contributed by atoms with E-state index in [1.54, 1.807) is 16.3 Å². The molecule has 17 heavy (non-hydrogen) atoms. The van der Waals surface area contributed by atoms with Crippen molar-refractivity contribution in [2.75, 3.05) is 18.4 Å². The Hall–Kier alpha value is -1.56. The summed E-state index contributed by atoms with van der Waals surface area (Å²) in [6.07, 6.45) is 3.19. The van der Waals surface area contributed by atoms with Crippen LogP contribution < -0.4 is 5.32 Å². The largest absolute Gasteiger partial charge is 0.477 e. The third-order valence-electron chi connectivity index (χ3n) is 2.74. The Bertz CT molecular complexity index is 424. The van der Waals surface area contributed by atoms with E-state index in [2.05, 4.69) is 5.32 Å². The lowest BCUT2D eigenvalue weighted by Crippen LogP contribution is -2.38. The molecule has 92 valence electrons. The number of hydrogen-bond acceptors (Lipinski definition) is 3. The van der Waals surface area contributed by atoms with E-state index >= 15 is 0 Å². The molecule has 1 aliphatic heterocycles. The second-order valence-corrected chi connectivity index (χ2v) is 4.86. The Morgan fingerprint density at radius 2 is 2.00 bits per heavy atom. The zero-order valence-corrected chi connectivity index (χ0v) is 10.1. The fourth-order valence-electron chi connectivity index (χ4n) is 1.86. The van der Waals surface area contributed by atoms with Gasteiger partial charge in [-0.2, -0.15) is 0 Å². The van der Waals surface area contributed by atoms with Crippen LogP contribution in [0.1, 0.15) is 28.9 Å². The van der Waals surface area contributed by atoms with Crippen molar-refractivity contribution in [2.24, 2.45) is 0 Å². The molecule has 1 fully saturated rings. The van der Waals surface area contributed by atoms with Crippen molar-refractivity contribution in [3.05, 3.63) is 16.3 Å². The lowest BCUT2D eigenvalue weighted by Gasteiger charge is -2.26. The van der Waals surface area contributed by atoms with Gasteiger partial charge in [-0.1, -0.05) is 0 Å². The highest BCUT2D eigenvalue weighted by Gasteiger charge is 2.19. The lowest BCUT2D eigenvalue weighted by molar-refractivity contribution is 0.0703. The van der Waals surface area contributed by atoms with Crippen molar-refractivity contribution < 1.29 is 14.7 Å². The van der Waals surface area contributed by atoms with Gasteiger partial charge in [0, 0.05) is 13.1 Å². The zero-order chi connectivity index (χ0) is 12.3. The predicted octanol–water partition coefficient (Wildman–Crippen LogP) is 2.46. The molecule has 2 heterocycles. The summed E-state index contributed by atoms with van der Waals surface area (Å²) in [5, 5.41) is 13.2. The molecule has 0 aromatic carbocycles. The lowest BCUT2D eigenvalue weighted by atomic mass is 10.1. The normalized spacial score (nSPS) is 15.6. The number of likely N-dealkylation sites (tertiary alicyclic amines) is 1. The first-order chi connectivity index (χ1) is 8.18. The molecule has 0 saturated carbocycles. The summed E-state index contributed by atoms with van der Waals surface area (Å²) in [5.41, 5.74) is 0.387. The van der Waals surface area contributed by atoms with Gasteiger partial charge in [0.2, 0.25) is 0 Å². The molecule has 0 aliphatic carbocycles. The summed E-state index contributed by atoms with van der Waals surface area (Å²) in [6, 6.07) is 1.42. The number of carbonyl (C=O) groups is 2. The third kappa shape index (κ3) is 2.76. The van der Waals surface area contributed by atoms with Crippen LogP contribution in [0.4, 0.5) is 10.5 Å². The maximum Gasteiger partial charge on any atom is 0.348 e. The molecule has 0 atom stereocenters. The minimum atomic E-state index is -1.01. The monoisotopic (exact) mass is 254 g/mol. The van der Waals surface area contributed by atoms with E-state index in [1.165, 1.54) is 0 Å². The molecule has 6 heteroatoms. The number of carboxylic acids is 1. The van der Waals surface area contributed by atoms with E-state index in [9.17, 15) is 9.59 Å². The minimum absolute atomic E-state index is 0.176. The first kappa shape index (κ1) is 11.9. The average molecular weight is 254 g/mol. The molecule has 2 N–H and O–H groups in total. The molecular formula is C11H14N2O3S. The molecule has 0 unspecified atom stereocenters. The molecule has 1 aromatic heterocycles. The van der Waals surface area contributed by atoms with E-state index < -0.39 is 5.97 Å². The molecule has 1 aliphatic rings. The van der Waals surface area contributed by atoms with Gasteiger partial charge in [0.15, 0.2) is 0 Å². The highest BCUT2D eigenvalue weighted by atomic mass is 32.1. The highest BCUT2D eigenvalue weighted by molar-refractivity contribution is 7.12. The molecule has 0 bridgehead atoms. The summed E-state index contributed by atoms with van der Waals surface area (Å²) in [6.45, 7) is 1.50. The number of thiophene rings is 1. The van der Waals surface area contributed by atoms with Gasteiger partial charge in [0.05, 0.1) is 5.69 Å². The van der Waals surface area contributed by atoms with E-state index in [1.807, 2.05) is 0 Å². The topological polar surface area (TPSA) is 69.6 Å². The molecule has 0 radical (unpaired) electrons. The number of urea groups is 1. The van der Waals surface area contributed by atoms with E-state index in [4.69, 9.17) is 5.11 Å². The van der Waals surface area contributed by atoms with Crippen LogP contribution in [0.15, 0.2) is 11.4 Å². The number of nitrogens with one attached hydrogen (secondary N) is 1. The Morgan fingerprint density at radius 3 is 2.65 bits per heavy atom. The van der Waals surface area contributed by atoms with Gasteiger partial charge in [-0.3, -0.25) is 0 Å². The van der Waals surface area contributed by atoms with Gasteiger partial charge in [-0.05, 0) is 30.7 Å². The van der Waals surface area contributed by atoms with Crippen LogP contribution >= 0.6 is 11.3 Å². The zero-order valence-electron chi connectivity index (χ0n) is 9.31. The van der Waals surface area contributed by atoms with Crippen molar-refractivity contribution in [2.45, 2.75) is 19.3 Å². The second-order valence-electron chi connectivity index (χ2n) is 3.95. The standard InChI is InChI=1S/C11H14N2O3S/c14-10(15)9-8(4-7-17-9)12-11(16)13-5-2-1-3-6-13/h4,7H,1-3,5-6H2,(H,12,16)(H,14,15). The fraction of sp³-hybridized carbons (Fsp3) is 0.455. The van der Waals surface area contributed by atoms with Gasteiger partial charge in [0.1, 0.15) is 4.88 Å². The van der Waals surface area contributed by atoms with Crippen LogP contribution in [0.25, 0.3) is 0 Å². The number of anilines is 1. The summed E-state index contributed by atoms with van der Waals surface area (Å²) < 4.78 is 0. The smallest absolute Gasteiger partial charge is 0.348 e. The van der Waals surface area contributed by atoms with E-state index in [0.717, 1.165) is 43.7 Å². The number of aromatic carboxylic acids is 1. The van der Waals surface area contributed by atoms with Crippen molar-refractivity contribution in [3.8, 4) is 0 Å². The van der Waals surface area contributed by atoms with Crippen LogP contribution in [0.3, 0.4) is 0 Å². The van der Waals surface area contributed by atoms with Crippen LogP contribution in [0, 0.1) is 0 Å². The highest BCUT2D eigenvalue weighted by Crippen LogP contribution is 2.22. The van der Waals surface area contributed by atoms with Crippen LogP contribution in [0.5, 0.6) is 0 Å². The number of carboxylic acid groups (broad SMARTS) is 1. The maximum absolute atomic E-state index is 11.9. The number of nitrogens with zero attached hydrogens (tertiary/aromatic N) is 1. The van der Waals surface area contributed by atoms with Crippen molar-refractivity contribution in [1.29, 1.82) is 0 Å². The molecule has 0 spiro atoms. The Kier molecular flexibility index (Phi) is 3.63. The summed E-state index contributed by atoms with van der Waals surface area (Å²) >= 11 is 1.11. The van der Waals surface area contributed by atoms with Crippen LogP contribution in [-0.2, 0) is 0 Å². The molecule has 1 saturated heterocycles. The number of piperidine rings is 1. The number of hydrogen-bond donors (Lipinski definition) is 2. The quantitative estimate of drug-likeness (QED) is 0.851. The molecular weight excluding hydrogens is 240 g/mol. The summed E-state index contributed by atoms with van der Waals surface area (Å²) in [5.74, 6) is -1.01. The Morgan fingerprint density at radius 1 is 1.29 bits per heavy atom. The molecule has 1 aromatic rings. The minimum Gasteiger partial charge on any atom is -0.477 e. The van der Waals surface area contributed by atoms with Gasteiger partial charge in [-0.15, -0.1) is 11.3 Å². The van der Waals surface area contributed by atoms with E-state index in [-0.39, 0.29) is 10.9 Å². The summed E-state index contributed by atoms with van der Waals surface area (Å²) in [7, 11) is 0. The molecule has 2 amide bonds. The molecule has 5 nitrogen and oxygen atoms in total. The average Bonchev–Trinajstić information content (AvgIpc) is 2.78. The third-order valence-corrected chi connectivity index (χ3v) is 3.65. The van der Waals surface area contributed by atoms with Crippen molar-refractivity contribution in [3.63, 3.8) is 0 Å². The number of amides is 2. The fourth-order valence-corrected chi connectivity index (χ4v) is 2.55. The van der Waals surface area contributed by atoms with Crippen LogP contribution in [-0.4, -0.2) is 35.1 Å². The van der Waals surface area contributed by atoms with Crippen molar-refractivity contribution >= 4 is 29.0 Å². The first-order valence-electron chi connectivity index (χ1n) is 5.55.